The molecule has 24 heavy (non-hydrogen) atoms. The number of rotatable bonds is 3. The second-order valence-electron chi connectivity index (χ2n) is 7.23. The summed E-state index contributed by atoms with van der Waals surface area (Å²) in [6.45, 7) is 8.18. The minimum Gasteiger partial charge on any atom is -0.399 e. The second kappa shape index (κ2) is 6.09. The van der Waals surface area contributed by atoms with Crippen LogP contribution in [-0.4, -0.2) is 18.3 Å². The fourth-order valence-corrected chi connectivity index (χ4v) is 2.81. The summed E-state index contributed by atoms with van der Waals surface area (Å²) in [4.78, 5) is 0. The monoisotopic (exact) mass is 319 g/mol. The van der Waals surface area contributed by atoms with Crippen LogP contribution in [0.5, 0.6) is 0 Å². The summed E-state index contributed by atoms with van der Waals surface area (Å²) in [5.41, 5.74) is 2.25. The quantitative estimate of drug-likeness (QED) is 0.811. The Kier molecular flexibility index (Phi) is 4.25. The van der Waals surface area contributed by atoms with Gasteiger partial charge in [-0.2, -0.15) is 5.26 Å². The van der Waals surface area contributed by atoms with Gasteiger partial charge in [0.2, 0.25) is 0 Å². The summed E-state index contributed by atoms with van der Waals surface area (Å²) in [5.74, 6) is -0.265. The van der Waals surface area contributed by atoms with Crippen LogP contribution in [0.15, 0.2) is 54.6 Å². The van der Waals surface area contributed by atoms with E-state index in [1.54, 1.807) is 0 Å². The fraction of sp³-hybridized carbons (Fsp3) is 0.350. The lowest BCUT2D eigenvalue weighted by molar-refractivity contribution is 0.00578. The summed E-state index contributed by atoms with van der Waals surface area (Å²) in [6.07, 6.45) is 0. The molecule has 1 aliphatic heterocycles. The van der Waals surface area contributed by atoms with Crippen molar-refractivity contribution in [3.05, 3.63) is 65.7 Å². The molecule has 2 aromatic rings. The van der Waals surface area contributed by atoms with Crippen molar-refractivity contribution in [3.63, 3.8) is 0 Å². The highest BCUT2D eigenvalue weighted by Gasteiger charge is 2.51. The highest BCUT2D eigenvalue weighted by Crippen LogP contribution is 2.36. The molecule has 0 amide bonds. The zero-order valence-electron chi connectivity index (χ0n) is 14.6. The summed E-state index contributed by atoms with van der Waals surface area (Å²) in [5, 5.41) is 9.55. The molecular formula is C20H22BNO2. The molecule has 122 valence electrons. The van der Waals surface area contributed by atoms with Crippen molar-refractivity contribution in [2.75, 3.05) is 0 Å². The molecule has 1 aliphatic rings. The second-order valence-corrected chi connectivity index (χ2v) is 7.23. The number of benzene rings is 2. The van der Waals surface area contributed by atoms with Gasteiger partial charge in [0.05, 0.1) is 23.2 Å². The van der Waals surface area contributed by atoms with E-state index in [0.29, 0.717) is 0 Å². The van der Waals surface area contributed by atoms with Gasteiger partial charge in [0, 0.05) is 0 Å². The van der Waals surface area contributed by atoms with Gasteiger partial charge in [0.1, 0.15) is 0 Å². The minimum absolute atomic E-state index is 0.265. The largest absolute Gasteiger partial charge is 0.494 e. The molecule has 0 saturated carbocycles. The maximum Gasteiger partial charge on any atom is 0.494 e. The lowest BCUT2D eigenvalue weighted by atomic mass is 9.78. The van der Waals surface area contributed by atoms with Crippen LogP contribution in [0.3, 0.4) is 0 Å². The van der Waals surface area contributed by atoms with Gasteiger partial charge >= 0.3 is 7.12 Å². The van der Waals surface area contributed by atoms with Crippen molar-refractivity contribution in [3.8, 4) is 6.07 Å². The van der Waals surface area contributed by atoms with Crippen molar-refractivity contribution in [2.45, 2.75) is 44.8 Å². The van der Waals surface area contributed by atoms with Crippen LogP contribution < -0.4 is 5.46 Å². The van der Waals surface area contributed by atoms with Crippen LogP contribution >= 0.6 is 0 Å². The van der Waals surface area contributed by atoms with Gasteiger partial charge in [0.25, 0.3) is 0 Å². The van der Waals surface area contributed by atoms with Gasteiger partial charge < -0.3 is 9.31 Å². The van der Waals surface area contributed by atoms with Crippen LogP contribution in [0.1, 0.15) is 44.7 Å². The number of nitrogens with zero attached hydrogens (tertiary/aromatic N) is 1. The third-order valence-electron chi connectivity index (χ3n) is 5.06. The predicted molar refractivity (Wildman–Crippen MR) is 96.1 cm³/mol. The molecular weight excluding hydrogens is 297 g/mol. The molecule has 1 heterocycles. The van der Waals surface area contributed by atoms with Crippen LogP contribution in [0.4, 0.5) is 0 Å². The third-order valence-corrected chi connectivity index (χ3v) is 5.06. The topological polar surface area (TPSA) is 42.2 Å². The molecule has 4 heteroatoms. The first-order valence-electron chi connectivity index (χ1n) is 8.24. The van der Waals surface area contributed by atoms with Gasteiger partial charge in [-0.05, 0) is 44.3 Å². The molecule has 0 radical (unpaired) electrons. The molecule has 0 aliphatic carbocycles. The fourth-order valence-electron chi connectivity index (χ4n) is 2.81. The van der Waals surface area contributed by atoms with Crippen LogP contribution in [0.2, 0.25) is 0 Å². The molecule has 3 rings (SSSR count). The Morgan fingerprint density at radius 2 is 1.33 bits per heavy atom. The van der Waals surface area contributed by atoms with Crippen LogP contribution in [0.25, 0.3) is 0 Å². The van der Waals surface area contributed by atoms with Crippen LogP contribution in [-0.2, 0) is 9.31 Å². The molecule has 0 N–H and O–H groups in total. The summed E-state index contributed by atoms with van der Waals surface area (Å²) >= 11 is 0. The Morgan fingerprint density at radius 3 is 1.83 bits per heavy atom. The zero-order chi connectivity index (χ0) is 17.4. The highest BCUT2D eigenvalue weighted by molar-refractivity contribution is 6.62. The van der Waals surface area contributed by atoms with Crippen molar-refractivity contribution in [1.82, 2.24) is 0 Å². The molecule has 0 aromatic heterocycles. The van der Waals surface area contributed by atoms with E-state index in [1.165, 1.54) is 0 Å². The number of hydrogen-bond donors (Lipinski definition) is 0. The molecule has 1 fully saturated rings. The SMILES string of the molecule is CC1(C)OB(c2ccc(C(C#N)c3ccccc3)cc2)OC1(C)C. The Balaban J connectivity index is 1.83. The lowest BCUT2D eigenvalue weighted by Gasteiger charge is -2.32. The van der Waals surface area contributed by atoms with Gasteiger partial charge in [-0.1, -0.05) is 54.6 Å². The van der Waals surface area contributed by atoms with E-state index in [9.17, 15) is 5.26 Å². The van der Waals surface area contributed by atoms with Gasteiger partial charge in [-0.3, -0.25) is 0 Å². The minimum atomic E-state index is -0.374. The van der Waals surface area contributed by atoms with Gasteiger partial charge in [-0.25, -0.2) is 0 Å². The maximum atomic E-state index is 9.55. The molecule has 0 bridgehead atoms. The third kappa shape index (κ3) is 2.98. The Morgan fingerprint density at radius 1 is 0.833 bits per heavy atom. The predicted octanol–water partition coefficient (Wildman–Crippen LogP) is 3.64. The summed E-state index contributed by atoms with van der Waals surface area (Å²) in [7, 11) is -0.374. The molecule has 1 unspecified atom stereocenters. The highest BCUT2D eigenvalue weighted by atomic mass is 16.7. The summed E-state index contributed by atoms with van der Waals surface area (Å²) < 4.78 is 12.1. The molecule has 2 aromatic carbocycles. The van der Waals surface area contributed by atoms with E-state index in [2.05, 4.69) is 6.07 Å². The smallest absolute Gasteiger partial charge is 0.399 e. The van der Waals surface area contributed by atoms with E-state index in [4.69, 9.17) is 9.31 Å². The first-order valence-corrected chi connectivity index (χ1v) is 8.24. The van der Waals surface area contributed by atoms with Gasteiger partial charge in [0.15, 0.2) is 0 Å². The average Bonchev–Trinajstić information content (AvgIpc) is 2.78. The lowest BCUT2D eigenvalue weighted by Crippen LogP contribution is -2.41. The van der Waals surface area contributed by atoms with E-state index in [1.807, 2.05) is 82.3 Å². The standard InChI is InChI=1S/C20H22BNO2/c1-19(2)20(3,4)24-21(23-19)17-12-10-16(11-13-17)18(14-22)15-8-6-5-7-9-15/h5-13,18H,1-4H3. The number of nitriles is 1. The average molecular weight is 319 g/mol. The normalized spacial score (nSPS) is 19.7. The first-order chi connectivity index (χ1) is 11.3. The van der Waals surface area contributed by atoms with E-state index >= 15 is 0 Å². The molecule has 3 nitrogen and oxygen atoms in total. The van der Waals surface area contributed by atoms with E-state index < -0.39 is 0 Å². The molecule has 0 spiro atoms. The Labute approximate surface area is 144 Å². The zero-order valence-corrected chi connectivity index (χ0v) is 14.6. The first kappa shape index (κ1) is 16.8. The summed E-state index contributed by atoms with van der Waals surface area (Å²) in [6, 6.07) is 20.2. The molecule has 1 saturated heterocycles. The Bertz CT molecular complexity index is 731. The van der Waals surface area contributed by atoms with E-state index in [0.717, 1.165) is 16.6 Å². The maximum absolute atomic E-state index is 9.55. The van der Waals surface area contributed by atoms with E-state index in [-0.39, 0.29) is 24.2 Å². The van der Waals surface area contributed by atoms with Crippen molar-refractivity contribution >= 4 is 12.6 Å². The Hall–Kier alpha value is -2.09. The number of hydrogen-bond acceptors (Lipinski definition) is 3. The molecule has 1 atom stereocenters. The van der Waals surface area contributed by atoms with Crippen molar-refractivity contribution in [2.24, 2.45) is 0 Å². The van der Waals surface area contributed by atoms with Crippen LogP contribution in [0, 0.1) is 11.3 Å². The van der Waals surface area contributed by atoms with Crippen molar-refractivity contribution < 1.29 is 9.31 Å². The van der Waals surface area contributed by atoms with Crippen molar-refractivity contribution in [1.29, 1.82) is 5.26 Å². The van der Waals surface area contributed by atoms with Gasteiger partial charge in [-0.15, -0.1) is 0 Å².